The number of hydrogen-bond acceptors (Lipinski definition) is 3. The van der Waals surface area contributed by atoms with Crippen molar-refractivity contribution in [2.24, 2.45) is 5.92 Å². The number of nitrogens with zero attached hydrogens (tertiary/aromatic N) is 2. The molecule has 0 unspecified atom stereocenters. The van der Waals surface area contributed by atoms with Crippen LogP contribution < -0.4 is 0 Å². The highest BCUT2D eigenvalue weighted by atomic mass is 19.4. The Balaban J connectivity index is 2.34. The van der Waals surface area contributed by atoms with Gasteiger partial charge in [-0.05, 0) is 19.8 Å². The summed E-state index contributed by atoms with van der Waals surface area (Å²) in [6, 6.07) is 0. The van der Waals surface area contributed by atoms with E-state index in [1.807, 2.05) is 6.92 Å². The van der Waals surface area contributed by atoms with Crippen LogP contribution in [0.15, 0.2) is 0 Å². The monoisotopic (exact) mass is 290 g/mol. The third-order valence-electron chi connectivity index (χ3n) is 3.52. The van der Waals surface area contributed by atoms with Crippen LogP contribution in [-0.4, -0.2) is 28.3 Å². The standard InChI is InChI=1S/C13H17F3N2O2/c1-3-9-11(12(19)20-4-2)18-6-5-8(13(14,15)16)7-10(18)17-9/h8H,3-7H2,1-2H3/t8-/m0/s1. The quantitative estimate of drug-likeness (QED) is 0.804. The highest BCUT2D eigenvalue weighted by molar-refractivity contribution is 5.89. The molecule has 0 aliphatic carbocycles. The number of ether oxygens (including phenoxy) is 1. The largest absolute Gasteiger partial charge is 0.461 e. The molecule has 0 radical (unpaired) electrons. The van der Waals surface area contributed by atoms with Gasteiger partial charge in [0.25, 0.3) is 0 Å². The summed E-state index contributed by atoms with van der Waals surface area (Å²) in [6.07, 6.45) is -3.92. The van der Waals surface area contributed by atoms with Crippen molar-refractivity contribution in [2.75, 3.05) is 6.61 Å². The van der Waals surface area contributed by atoms with Gasteiger partial charge in [-0.2, -0.15) is 13.2 Å². The van der Waals surface area contributed by atoms with Gasteiger partial charge in [0.05, 0.1) is 18.2 Å². The Hall–Kier alpha value is -1.53. The smallest absolute Gasteiger partial charge is 0.392 e. The predicted octanol–water partition coefficient (Wildman–Crippen LogP) is 2.75. The van der Waals surface area contributed by atoms with Crippen LogP contribution in [0, 0.1) is 5.92 Å². The molecule has 0 saturated heterocycles. The molecule has 0 N–H and O–H groups in total. The van der Waals surface area contributed by atoms with Crippen LogP contribution in [0.2, 0.25) is 0 Å². The molecule has 0 fully saturated rings. The number of esters is 1. The molecule has 0 aromatic carbocycles. The lowest BCUT2D eigenvalue weighted by atomic mass is 9.97. The van der Waals surface area contributed by atoms with Gasteiger partial charge in [0.1, 0.15) is 5.82 Å². The van der Waals surface area contributed by atoms with Crippen LogP contribution in [0.5, 0.6) is 0 Å². The fourth-order valence-electron chi connectivity index (χ4n) is 2.51. The topological polar surface area (TPSA) is 44.1 Å². The van der Waals surface area contributed by atoms with E-state index in [0.29, 0.717) is 23.6 Å². The number of hydrogen-bond donors (Lipinski definition) is 0. The van der Waals surface area contributed by atoms with E-state index in [1.165, 1.54) is 0 Å². The number of aryl methyl sites for hydroxylation is 1. The number of rotatable bonds is 3. The molecule has 1 aromatic rings. The Labute approximate surface area is 114 Å². The molecule has 1 aliphatic rings. The van der Waals surface area contributed by atoms with Gasteiger partial charge >= 0.3 is 12.1 Å². The molecular formula is C13H17F3N2O2. The number of carbonyl (C=O) groups is 1. The van der Waals surface area contributed by atoms with Crippen molar-refractivity contribution in [3.05, 3.63) is 17.2 Å². The molecule has 1 atom stereocenters. The average Bonchev–Trinajstić information content (AvgIpc) is 2.75. The Bertz CT molecular complexity index is 508. The number of alkyl halides is 3. The first-order chi connectivity index (χ1) is 9.38. The summed E-state index contributed by atoms with van der Waals surface area (Å²) in [4.78, 5) is 16.1. The van der Waals surface area contributed by atoms with E-state index >= 15 is 0 Å². The SMILES string of the molecule is CCOC(=O)c1c(CC)nc2n1CC[C@H](C(F)(F)F)C2. The van der Waals surface area contributed by atoms with Crippen molar-refractivity contribution in [3.63, 3.8) is 0 Å². The zero-order chi connectivity index (χ0) is 14.9. The zero-order valence-corrected chi connectivity index (χ0v) is 11.5. The summed E-state index contributed by atoms with van der Waals surface area (Å²) >= 11 is 0. The summed E-state index contributed by atoms with van der Waals surface area (Å²) in [6.45, 7) is 3.89. The minimum atomic E-state index is -4.21. The van der Waals surface area contributed by atoms with Crippen LogP contribution in [0.4, 0.5) is 13.2 Å². The van der Waals surface area contributed by atoms with Gasteiger partial charge in [0, 0.05) is 13.0 Å². The first-order valence-corrected chi connectivity index (χ1v) is 6.70. The van der Waals surface area contributed by atoms with Crippen molar-refractivity contribution in [1.82, 2.24) is 9.55 Å². The van der Waals surface area contributed by atoms with Crippen LogP contribution in [0.3, 0.4) is 0 Å². The van der Waals surface area contributed by atoms with Crippen LogP contribution >= 0.6 is 0 Å². The lowest BCUT2D eigenvalue weighted by molar-refractivity contribution is -0.179. The normalized spacial score (nSPS) is 18.8. The van der Waals surface area contributed by atoms with Crippen molar-refractivity contribution in [3.8, 4) is 0 Å². The lowest BCUT2D eigenvalue weighted by Gasteiger charge is -2.26. The predicted molar refractivity (Wildman–Crippen MR) is 65.4 cm³/mol. The molecular weight excluding hydrogens is 273 g/mol. The van der Waals surface area contributed by atoms with E-state index in [9.17, 15) is 18.0 Å². The van der Waals surface area contributed by atoms with E-state index in [2.05, 4.69) is 4.98 Å². The second-order valence-electron chi connectivity index (χ2n) is 4.78. The molecule has 1 aromatic heterocycles. The molecule has 1 aliphatic heterocycles. The molecule has 20 heavy (non-hydrogen) atoms. The average molecular weight is 290 g/mol. The number of carbonyl (C=O) groups excluding carboxylic acids is 1. The maximum Gasteiger partial charge on any atom is 0.392 e. The highest BCUT2D eigenvalue weighted by Gasteiger charge is 2.43. The molecule has 0 saturated carbocycles. The summed E-state index contributed by atoms with van der Waals surface area (Å²) in [5, 5.41) is 0. The number of fused-ring (bicyclic) bond motifs is 1. The molecule has 112 valence electrons. The van der Waals surface area contributed by atoms with Gasteiger partial charge in [-0.3, -0.25) is 0 Å². The zero-order valence-electron chi connectivity index (χ0n) is 11.5. The molecule has 0 spiro atoms. The van der Waals surface area contributed by atoms with Crippen molar-refractivity contribution in [2.45, 2.75) is 45.8 Å². The van der Waals surface area contributed by atoms with Crippen molar-refractivity contribution in [1.29, 1.82) is 0 Å². The fraction of sp³-hybridized carbons (Fsp3) is 0.692. The molecule has 2 rings (SSSR count). The van der Waals surface area contributed by atoms with Gasteiger partial charge in [0.15, 0.2) is 5.69 Å². The number of halogens is 3. The third-order valence-corrected chi connectivity index (χ3v) is 3.52. The molecule has 0 bridgehead atoms. The Morgan fingerprint density at radius 2 is 2.15 bits per heavy atom. The summed E-state index contributed by atoms with van der Waals surface area (Å²) < 4.78 is 44.9. The van der Waals surface area contributed by atoms with E-state index in [1.54, 1.807) is 11.5 Å². The Morgan fingerprint density at radius 3 is 2.70 bits per heavy atom. The van der Waals surface area contributed by atoms with E-state index in [0.717, 1.165) is 0 Å². The highest BCUT2D eigenvalue weighted by Crippen LogP contribution is 2.35. The molecule has 0 amide bonds. The summed E-state index contributed by atoms with van der Waals surface area (Å²) in [5.41, 5.74) is 0.825. The first kappa shape index (κ1) is 14.9. The summed E-state index contributed by atoms with van der Waals surface area (Å²) in [5.74, 6) is -1.55. The first-order valence-electron chi connectivity index (χ1n) is 6.70. The second kappa shape index (κ2) is 5.46. The molecule has 4 nitrogen and oxygen atoms in total. The van der Waals surface area contributed by atoms with Gasteiger partial charge < -0.3 is 9.30 Å². The maximum atomic E-state index is 12.8. The van der Waals surface area contributed by atoms with Gasteiger partial charge in [-0.25, -0.2) is 9.78 Å². The van der Waals surface area contributed by atoms with Crippen LogP contribution in [0.1, 0.15) is 42.3 Å². The Morgan fingerprint density at radius 1 is 1.45 bits per heavy atom. The van der Waals surface area contributed by atoms with Crippen molar-refractivity contribution >= 4 is 5.97 Å². The summed E-state index contributed by atoms with van der Waals surface area (Å²) in [7, 11) is 0. The van der Waals surface area contributed by atoms with Crippen molar-refractivity contribution < 1.29 is 22.7 Å². The van der Waals surface area contributed by atoms with E-state index < -0.39 is 18.1 Å². The van der Waals surface area contributed by atoms with E-state index in [4.69, 9.17) is 4.74 Å². The second-order valence-corrected chi connectivity index (χ2v) is 4.78. The van der Waals surface area contributed by atoms with Gasteiger partial charge in [0.2, 0.25) is 0 Å². The molecule has 2 heterocycles. The Kier molecular flexibility index (Phi) is 4.06. The minimum absolute atomic E-state index is 0.0254. The van der Waals surface area contributed by atoms with Gasteiger partial charge in [-0.1, -0.05) is 6.92 Å². The lowest BCUT2D eigenvalue weighted by Crippen LogP contribution is -2.32. The maximum absolute atomic E-state index is 12.8. The van der Waals surface area contributed by atoms with Crippen LogP contribution in [-0.2, 0) is 24.1 Å². The fourth-order valence-corrected chi connectivity index (χ4v) is 2.51. The molecule has 7 heteroatoms. The third kappa shape index (κ3) is 2.66. The van der Waals surface area contributed by atoms with E-state index in [-0.39, 0.29) is 26.0 Å². The minimum Gasteiger partial charge on any atom is -0.461 e. The van der Waals surface area contributed by atoms with Gasteiger partial charge in [-0.15, -0.1) is 0 Å². The number of imidazole rings is 1. The van der Waals surface area contributed by atoms with Crippen LogP contribution in [0.25, 0.3) is 0 Å². The number of aromatic nitrogens is 2.